The summed E-state index contributed by atoms with van der Waals surface area (Å²) in [5.41, 5.74) is 7.15. The Bertz CT molecular complexity index is 386. The van der Waals surface area contributed by atoms with E-state index in [9.17, 15) is 4.39 Å². The molecule has 0 aliphatic heterocycles. The van der Waals surface area contributed by atoms with Gasteiger partial charge in [0.05, 0.1) is 13.2 Å². The van der Waals surface area contributed by atoms with Gasteiger partial charge in [0.25, 0.3) is 0 Å². The molecule has 1 aromatic carbocycles. The number of methoxy groups -OCH3 is 2. The lowest BCUT2D eigenvalue weighted by Crippen LogP contribution is -2.40. The van der Waals surface area contributed by atoms with Crippen molar-refractivity contribution in [1.29, 1.82) is 0 Å². The van der Waals surface area contributed by atoms with Gasteiger partial charge in [-0.1, -0.05) is 12.1 Å². The molecule has 2 N–H and O–H groups in total. The Morgan fingerprint density at radius 2 is 1.81 bits per heavy atom. The number of ether oxygens (including phenoxy) is 2. The van der Waals surface area contributed by atoms with Crippen molar-refractivity contribution in [2.24, 2.45) is 5.73 Å². The molecule has 0 spiro atoms. The zero-order valence-electron chi connectivity index (χ0n) is 13.2. The molecule has 2 unspecified atom stereocenters. The van der Waals surface area contributed by atoms with E-state index in [0.717, 1.165) is 25.1 Å². The standard InChI is InChI=1S/C16H27FN2O2/c1-13(12-21-3)19(10-11-20-2)9-8-16(18)14-4-6-15(17)7-5-14/h4-7,13,16H,8-12,18H2,1-3H3. The number of nitrogens with two attached hydrogens (primary N) is 1. The normalized spacial score (nSPS) is 14.4. The van der Waals surface area contributed by atoms with Gasteiger partial charge in [0, 0.05) is 39.4 Å². The van der Waals surface area contributed by atoms with Gasteiger partial charge in [0.15, 0.2) is 0 Å². The molecule has 0 fully saturated rings. The third-order valence-corrected chi connectivity index (χ3v) is 3.64. The van der Waals surface area contributed by atoms with Crippen LogP contribution in [0.2, 0.25) is 0 Å². The van der Waals surface area contributed by atoms with E-state index >= 15 is 0 Å². The molecule has 0 heterocycles. The second-order valence-corrected chi connectivity index (χ2v) is 5.28. The van der Waals surface area contributed by atoms with Gasteiger partial charge >= 0.3 is 0 Å². The molecule has 2 atom stereocenters. The molecule has 0 radical (unpaired) electrons. The Morgan fingerprint density at radius 1 is 1.14 bits per heavy atom. The zero-order valence-corrected chi connectivity index (χ0v) is 13.2. The molecule has 0 aliphatic carbocycles. The van der Waals surface area contributed by atoms with E-state index in [1.807, 2.05) is 0 Å². The van der Waals surface area contributed by atoms with Crippen molar-refractivity contribution in [3.8, 4) is 0 Å². The summed E-state index contributed by atoms with van der Waals surface area (Å²) in [5.74, 6) is -0.235. The third kappa shape index (κ3) is 6.52. The maximum absolute atomic E-state index is 12.9. The summed E-state index contributed by atoms with van der Waals surface area (Å²) in [6.45, 7) is 5.18. The molecular weight excluding hydrogens is 271 g/mol. The highest BCUT2D eigenvalue weighted by atomic mass is 19.1. The van der Waals surface area contributed by atoms with Crippen molar-refractivity contribution in [3.63, 3.8) is 0 Å². The smallest absolute Gasteiger partial charge is 0.123 e. The van der Waals surface area contributed by atoms with Crippen LogP contribution < -0.4 is 5.73 Å². The number of rotatable bonds is 10. The Labute approximate surface area is 127 Å². The quantitative estimate of drug-likeness (QED) is 0.719. The molecule has 5 heteroatoms. The summed E-state index contributed by atoms with van der Waals surface area (Å²) < 4.78 is 23.3. The maximum Gasteiger partial charge on any atom is 0.123 e. The monoisotopic (exact) mass is 298 g/mol. The van der Waals surface area contributed by atoms with Crippen molar-refractivity contribution in [3.05, 3.63) is 35.6 Å². The van der Waals surface area contributed by atoms with E-state index in [4.69, 9.17) is 15.2 Å². The van der Waals surface area contributed by atoms with Crippen LogP contribution in [0.4, 0.5) is 4.39 Å². The van der Waals surface area contributed by atoms with Gasteiger partial charge < -0.3 is 15.2 Å². The van der Waals surface area contributed by atoms with E-state index in [1.165, 1.54) is 12.1 Å². The largest absolute Gasteiger partial charge is 0.383 e. The number of hydrogen-bond donors (Lipinski definition) is 1. The van der Waals surface area contributed by atoms with Crippen LogP contribution in [0.3, 0.4) is 0 Å². The van der Waals surface area contributed by atoms with Crippen molar-refractivity contribution in [2.75, 3.05) is 40.5 Å². The molecule has 0 aliphatic rings. The second-order valence-electron chi connectivity index (χ2n) is 5.28. The molecule has 0 bridgehead atoms. The topological polar surface area (TPSA) is 47.7 Å². The maximum atomic E-state index is 12.9. The van der Waals surface area contributed by atoms with Gasteiger partial charge in [0.2, 0.25) is 0 Å². The Morgan fingerprint density at radius 3 is 2.38 bits per heavy atom. The van der Waals surface area contributed by atoms with Gasteiger partial charge in [-0.3, -0.25) is 4.90 Å². The van der Waals surface area contributed by atoms with Gasteiger partial charge in [-0.2, -0.15) is 0 Å². The minimum atomic E-state index is -0.235. The van der Waals surface area contributed by atoms with Crippen molar-refractivity contribution in [2.45, 2.75) is 25.4 Å². The van der Waals surface area contributed by atoms with Crippen molar-refractivity contribution < 1.29 is 13.9 Å². The molecule has 0 aromatic heterocycles. The molecular formula is C16H27FN2O2. The van der Waals surface area contributed by atoms with Gasteiger partial charge in [0.1, 0.15) is 5.82 Å². The molecule has 1 rings (SSSR count). The van der Waals surface area contributed by atoms with E-state index in [-0.39, 0.29) is 11.9 Å². The Balaban J connectivity index is 2.52. The molecule has 0 amide bonds. The third-order valence-electron chi connectivity index (χ3n) is 3.64. The van der Waals surface area contributed by atoms with Crippen molar-refractivity contribution in [1.82, 2.24) is 4.90 Å². The summed E-state index contributed by atoms with van der Waals surface area (Å²) in [6.07, 6.45) is 0.809. The Hall–Kier alpha value is -1.01. The number of benzene rings is 1. The summed E-state index contributed by atoms with van der Waals surface area (Å²) in [5, 5.41) is 0. The van der Waals surface area contributed by atoms with Crippen LogP contribution in [-0.4, -0.2) is 51.5 Å². The van der Waals surface area contributed by atoms with E-state index < -0.39 is 0 Å². The van der Waals surface area contributed by atoms with Crippen LogP contribution in [0.15, 0.2) is 24.3 Å². The van der Waals surface area contributed by atoms with Crippen LogP contribution >= 0.6 is 0 Å². The molecule has 0 saturated heterocycles. The fourth-order valence-electron chi connectivity index (χ4n) is 2.29. The van der Waals surface area contributed by atoms with Crippen LogP contribution in [0.25, 0.3) is 0 Å². The molecule has 4 nitrogen and oxygen atoms in total. The first kappa shape index (κ1) is 18.0. The number of nitrogens with zero attached hydrogens (tertiary/aromatic N) is 1. The minimum absolute atomic E-state index is 0.0922. The van der Waals surface area contributed by atoms with E-state index in [2.05, 4.69) is 11.8 Å². The lowest BCUT2D eigenvalue weighted by atomic mass is 10.0. The summed E-state index contributed by atoms with van der Waals surface area (Å²) >= 11 is 0. The van der Waals surface area contributed by atoms with Gasteiger partial charge in [-0.25, -0.2) is 4.39 Å². The predicted molar refractivity (Wildman–Crippen MR) is 82.7 cm³/mol. The first-order valence-corrected chi connectivity index (χ1v) is 7.31. The highest BCUT2D eigenvalue weighted by molar-refractivity contribution is 5.19. The number of hydrogen-bond acceptors (Lipinski definition) is 4. The average molecular weight is 298 g/mol. The minimum Gasteiger partial charge on any atom is -0.383 e. The van der Waals surface area contributed by atoms with E-state index in [0.29, 0.717) is 19.3 Å². The highest BCUT2D eigenvalue weighted by Crippen LogP contribution is 2.16. The van der Waals surface area contributed by atoms with E-state index in [1.54, 1.807) is 26.4 Å². The fourth-order valence-corrected chi connectivity index (χ4v) is 2.29. The summed E-state index contributed by atoms with van der Waals surface area (Å²) in [7, 11) is 3.40. The molecule has 21 heavy (non-hydrogen) atoms. The van der Waals surface area contributed by atoms with Gasteiger partial charge in [-0.15, -0.1) is 0 Å². The fraction of sp³-hybridized carbons (Fsp3) is 0.625. The Kier molecular flexibility index (Phi) is 8.45. The van der Waals surface area contributed by atoms with Crippen LogP contribution in [0.5, 0.6) is 0 Å². The molecule has 1 aromatic rings. The molecule has 0 saturated carbocycles. The first-order valence-electron chi connectivity index (χ1n) is 7.31. The number of halogens is 1. The zero-order chi connectivity index (χ0) is 15.7. The van der Waals surface area contributed by atoms with Crippen molar-refractivity contribution >= 4 is 0 Å². The second kappa shape index (κ2) is 9.84. The SMILES string of the molecule is COCCN(CCC(N)c1ccc(F)cc1)C(C)COC. The average Bonchev–Trinajstić information content (AvgIpc) is 2.48. The van der Waals surface area contributed by atoms with Crippen LogP contribution in [0, 0.1) is 5.82 Å². The van der Waals surface area contributed by atoms with Gasteiger partial charge in [-0.05, 0) is 31.0 Å². The first-order chi connectivity index (χ1) is 10.1. The summed E-state index contributed by atoms with van der Waals surface area (Å²) in [4.78, 5) is 2.30. The lowest BCUT2D eigenvalue weighted by molar-refractivity contribution is 0.0732. The lowest BCUT2D eigenvalue weighted by Gasteiger charge is -2.29. The van der Waals surface area contributed by atoms with Crippen LogP contribution in [0.1, 0.15) is 24.9 Å². The molecule has 120 valence electrons. The summed E-state index contributed by atoms with van der Waals surface area (Å²) in [6, 6.07) is 6.61. The highest BCUT2D eigenvalue weighted by Gasteiger charge is 2.15. The van der Waals surface area contributed by atoms with Crippen LogP contribution in [-0.2, 0) is 9.47 Å². The predicted octanol–water partition coefficient (Wildman–Crippen LogP) is 2.20.